The summed E-state index contributed by atoms with van der Waals surface area (Å²) in [6.07, 6.45) is -2.38. The lowest BCUT2D eigenvalue weighted by molar-refractivity contribution is -0.274. The molecule has 12 nitrogen and oxygen atoms in total. The van der Waals surface area contributed by atoms with Crippen LogP contribution in [-0.4, -0.2) is 55.2 Å². The Morgan fingerprint density at radius 1 is 0.860 bits per heavy atom. The molecule has 3 heterocycles. The fourth-order valence-corrected chi connectivity index (χ4v) is 6.02. The Bertz CT molecular complexity index is 1830. The van der Waals surface area contributed by atoms with E-state index in [0.29, 0.717) is 42.4 Å². The Hall–Kier alpha value is -5.12. The normalized spacial score (nSPS) is 12.7. The number of nitrogens with zero attached hydrogens (tertiary/aromatic N) is 5. The minimum Gasteiger partial charge on any atom is -0.444 e. The van der Waals surface area contributed by atoms with Gasteiger partial charge in [0.1, 0.15) is 16.4 Å². The maximum atomic E-state index is 12.9. The number of aryl methyl sites for hydroxylation is 2. The monoisotopic (exact) mass is 711 g/mol. The molecule has 2 N–H and O–H groups in total. The van der Waals surface area contributed by atoms with Crippen molar-refractivity contribution in [1.29, 1.82) is 0 Å². The van der Waals surface area contributed by atoms with E-state index in [0.717, 1.165) is 52.4 Å². The maximum Gasteiger partial charge on any atom is 0.573 e. The molecule has 0 aliphatic carbocycles. The number of hydrogen-bond acceptors (Lipinski definition) is 10. The highest BCUT2D eigenvalue weighted by Gasteiger charge is 2.31. The predicted molar refractivity (Wildman–Crippen MR) is 178 cm³/mol. The number of ether oxygens (including phenoxy) is 2. The van der Waals surface area contributed by atoms with Crippen LogP contribution >= 0.6 is 11.3 Å². The summed E-state index contributed by atoms with van der Waals surface area (Å²) in [6, 6.07) is 14.5. The number of halogens is 3. The summed E-state index contributed by atoms with van der Waals surface area (Å²) in [7, 11) is 0. The quantitative estimate of drug-likeness (QED) is 0.159. The summed E-state index contributed by atoms with van der Waals surface area (Å²) in [5, 5.41) is 22.9. The highest BCUT2D eigenvalue weighted by Crippen LogP contribution is 2.28. The SMILES string of the molecule is CC(C)(C)OC(=O)N1Cc2cccc(CC(=O)Nc3ccc(CCCCc4nnc(NC(=O)Cc5cccc(OC(F)(F)F)c5)s4)nn3)c2C1. The van der Waals surface area contributed by atoms with Crippen molar-refractivity contribution >= 4 is 40.2 Å². The van der Waals surface area contributed by atoms with Crippen LogP contribution in [0.5, 0.6) is 5.75 Å². The number of carbonyl (C=O) groups is 3. The number of carbonyl (C=O) groups excluding carboxylic acids is 3. The van der Waals surface area contributed by atoms with E-state index in [-0.39, 0.29) is 24.8 Å². The number of anilines is 2. The summed E-state index contributed by atoms with van der Waals surface area (Å²) < 4.78 is 46.8. The Morgan fingerprint density at radius 3 is 2.36 bits per heavy atom. The van der Waals surface area contributed by atoms with Gasteiger partial charge < -0.3 is 20.1 Å². The molecule has 16 heteroatoms. The topological polar surface area (TPSA) is 149 Å². The van der Waals surface area contributed by atoms with E-state index < -0.39 is 23.6 Å². The van der Waals surface area contributed by atoms with Crippen molar-refractivity contribution in [3.8, 4) is 5.75 Å². The molecule has 264 valence electrons. The molecule has 0 unspecified atom stereocenters. The molecule has 2 aromatic heterocycles. The molecule has 0 radical (unpaired) electrons. The molecular weight excluding hydrogens is 675 g/mol. The average Bonchev–Trinajstić information content (AvgIpc) is 3.66. The van der Waals surface area contributed by atoms with Gasteiger partial charge in [0.15, 0.2) is 5.82 Å². The first-order valence-electron chi connectivity index (χ1n) is 15.9. The number of unbranched alkanes of at least 4 members (excludes halogenated alkanes) is 1. The second kappa shape index (κ2) is 15.6. The van der Waals surface area contributed by atoms with Crippen molar-refractivity contribution in [1.82, 2.24) is 25.3 Å². The van der Waals surface area contributed by atoms with Crippen molar-refractivity contribution in [3.05, 3.63) is 87.6 Å². The molecule has 0 atom stereocenters. The summed E-state index contributed by atoms with van der Waals surface area (Å²) >= 11 is 1.23. The van der Waals surface area contributed by atoms with Gasteiger partial charge in [0.25, 0.3) is 0 Å². The van der Waals surface area contributed by atoms with E-state index >= 15 is 0 Å². The maximum absolute atomic E-state index is 12.9. The van der Waals surface area contributed by atoms with Crippen LogP contribution in [0.1, 0.15) is 66.6 Å². The second-order valence-corrected chi connectivity index (χ2v) is 13.7. The molecule has 0 saturated carbocycles. The van der Waals surface area contributed by atoms with Gasteiger partial charge in [0.05, 0.1) is 18.5 Å². The van der Waals surface area contributed by atoms with Crippen molar-refractivity contribution in [2.24, 2.45) is 0 Å². The van der Waals surface area contributed by atoms with Crippen molar-refractivity contribution < 1.29 is 37.0 Å². The van der Waals surface area contributed by atoms with Crippen LogP contribution in [-0.2, 0) is 53.1 Å². The third-order valence-electron chi connectivity index (χ3n) is 7.35. The van der Waals surface area contributed by atoms with Gasteiger partial charge in [0.2, 0.25) is 16.9 Å². The van der Waals surface area contributed by atoms with Crippen LogP contribution in [0.3, 0.4) is 0 Å². The lowest BCUT2D eigenvalue weighted by Crippen LogP contribution is -2.33. The van der Waals surface area contributed by atoms with Crippen LogP contribution in [0, 0.1) is 0 Å². The van der Waals surface area contributed by atoms with E-state index in [1.54, 1.807) is 11.0 Å². The van der Waals surface area contributed by atoms with Gasteiger partial charge in [-0.15, -0.1) is 28.5 Å². The number of benzene rings is 2. The van der Waals surface area contributed by atoms with Gasteiger partial charge in [-0.25, -0.2) is 4.79 Å². The van der Waals surface area contributed by atoms with Gasteiger partial charge in [-0.3, -0.25) is 14.5 Å². The zero-order chi connectivity index (χ0) is 35.9. The van der Waals surface area contributed by atoms with Crippen LogP contribution in [0.2, 0.25) is 0 Å². The standard InChI is InChI=1S/C34H36F3N7O5S/c1-33(2,3)49-32(47)44-19-23-10-7-9-22(26(23)20-44)18-29(46)38-27-15-14-24(40-41-27)11-4-5-13-30-42-43-31(50-30)39-28(45)17-21-8-6-12-25(16-21)48-34(35,36)37/h6-10,12,14-16H,4-5,11,13,17-20H2,1-3H3,(H,38,41,46)(H,39,43,45). The first-order valence-corrected chi connectivity index (χ1v) is 16.7. The van der Waals surface area contributed by atoms with E-state index in [4.69, 9.17) is 4.74 Å². The first kappa shape index (κ1) is 36.2. The van der Waals surface area contributed by atoms with Crippen LogP contribution in [0.25, 0.3) is 0 Å². The van der Waals surface area contributed by atoms with Gasteiger partial charge in [-0.2, -0.15) is 5.10 Å². The van der Waals surface area contributed by atoms with E-state index in [9.17, 15) is 27.6 Å². The number of rotatable bonds is 12. The Labute approximate surface area is 290 Å². The van der Waals surface area contributed by atoms with Gasteiger partial charge >= 0.3 is 12.5 Å². The molecular formula is C34H36F3N7O5S. The summed E-state index contributed by atoms with van der Waals surface area (Å²) in [4.78, 5) is 39.4. The lowest BCUT2D eigenvalue weighted by Gasteiger charge is -2.24. The highest BCUT2D eigenvalue weighted by atomic mass is 32.1. The molecule has 5 rings (SSSR count). The number of amides is 3. The third kappa shape index (κ3) is 10.9. The van der Waals surface area contributed by atoms with Crippen molar-refractivity contribution in [3.63, 3.8) is 0 Å². The number of aromatic nitrogens is 4. The van der Waals surface area contributed by atoms with Gasteiger partial charge in [0, 0.05) is 19.5 Å². The minimum atomic E-state index is -4.82. The zero-order valence-electron chi connectivity index (χ0n) is 27.7. The molecule has 0 saturated heterocycles. The molecule has 0 fully saturated rings. The fourth-order valence-electron chi connectivity index (χ4n) is 5.22. The van der Waals surface area contributed by atoms with Crippen LogP contribution in [0.4, 0.5) is 28.9 Å². The van der Waals surface area contributed by atoms with Crippen molar-refractivity contribution in [2.45, 2.75) is 84.3 Å². The minimum absolute atomic E-state index is 0.125. The van der Waals surface area contributed by atoms with E-state index in [2.05, 4.69) is 35.8 Å². The van der Waals surface area contributed by atoms with Crippen LogP contribution < -0.4 is 15.4 Å². The Kier molecular flexibility index (Phi) is 11.3. The molecule has 0 bridgehead atoms. The largest absolute Gasteiger partial charge is 0.573 e. The molecule has 0 spiro atoms. The van der Waals surface area contributed by atoms with E-state index in [1.807, 2.05) is 45.0 Å². The van der Waals surface area contributed by atoms with Crippen molar-refractivity contribution in [2.75, 3.05) is 10.6 Å². The number of nitrogens with one attached hydrogen (secondary N) is 2. The van der Waals surface area contributed by atoms with Gasteiger partial charge in [-0.05, 0) is 86.6 Å². The molecule has 1 aliphatic rings. The van der Waals surface area contributed by atoms with Crippen LogP contribution in [0.15, 0.2) is 54.6 Å². The number of fused-ring (bicyclic) bond motifs is 1. The Morgan fingerprint density at radius 2 is 1.62 bits per heavy atom. The zero-order valence-corrected chi connectivity index (χ0v) is 28.5. The number of alkyl halides is 3. The fraction of sp³-hybridized carbons (Fsp3) is 0.382. The first-order chi connectivity index (χ1) is 23.7. The van der Waals surface area contributed by atoms with Gasteiger partial charge in [-0.1, -0.05) is 41.7 Å². The molecule has 3 amide bonds. The summed E-state index contributed by atoms with van der Waals surface area (Å²) in [5.41, 5.74) is 3.31. The average molecular weight is 712 g/mol. The predicted octanol–water partition coefficient (Wildman–Crippen LogP) is 6.41. The molecule has 2 aromatic carbocycles. The molecule has 1 aliphatic heterocycles. The second-order valence-electron chi connectivity index (χ2n) is 12.7. The Balaban J connectivity index is 1.02. The molecule has 4 aromatic rings. The van der Waals surface area contributed by atoms with E-state index in [1.165, 1.54) is 23.5 Å². The smallest absolute Gasteiger partial charge is 0.444 e. The summed E-state index contributed by atoms with van der Waals surface area (Å²) in [6.45, 7) is 6.28. The highest BCUT2D eigenvalue weighted by molar-refractivity contribution is 7.15. The molecule has 50 heavy (non-hydrogen) atoms. The lowest BCUT2D eigenvalue weighted by atomic mass is 10.0. The third-order valence-corrected chi connectivity index (χ3v) is 8.25. The number of hydrogen-bond donors (Lipinski definition) is 2. The summed E-state index contributed by atoms with van der Waals surface area (Å²) in [5.74, 6) is -0.737.